The predicted octanol–water partition coefficient (Wildman–Crippen LogP) is 5.97. The van der Waals surface area contributed by atoms with Crippen molar-refractivity contribution in [3.63, 3.8) is 0 Å². The first-order valence-electron chi connectivity index (χ1n) is 11.1. The van der Waals surface area contributed by atoms with E-state index in [2.05, 4.69) is 41.4 Å². The molecule has 33 heavy (non-hydrogen) atoms. The van der Waals surface area contributed by atoms with Gasteiger partial charge in [0.2, 0.25) is 0 Å². The molecule has 0 bridgehead atoms. The lowest BCUT2D eigenvalue weighted by Crippen LogP contribution is -2.45. The van der Waals surface area contributed by atoms with Crippen LogP contribution in [0.1, 0.15) is 53.7 Å². The minimum atomic E-state index is -0.651. The highest BCUT2D eigenvalue weighted by molar-refractivity contribution is 14.1. The molecule has 178 valence electrons. The number of rotatable bonds is 5. The molecule has 2 aromatic heterocycles. The molecule has 7 nitrogen and oxygen atoms in total. The van der Waals surface area contributed by atoms with Crippen molar-refractivity contribution >= 4 is 50.4 Å². The number of halogens is 1. The van der Waals surface area contributed by atoms with Gasteiger partial charge in [0.15, 0.2) is 5.75 Å². The first-order valence-corrected chi connectivity index (χ1v) is 12.2. The second kappa shape index (κ2) is 9.48. The molecule has 3 aromatic rings. The highest BCUT2D eigenvalue weighted by Gasteiger charge is 2.29. The first-order chi connectivity index (χ1) is 15.3. The van der Waals surface area contributed by atoms with Crippen LogP contribution in [0.5, 0.6) is 5.75 Å². The molecule has 0 saturated carbocycles. The highest BCUT2D eigenvalue weighted by Crippen LogP contribution is 2.32. The number of hydroxylamine groups is 2. The van der Waals surface area contributed by atoms with Crippen LogP contribution >= 0.6 is 22.6 Å². The van der Waals surface area contributed by atoms with Gasteiger partial charge in [0.1, 0.15) is 5.60 Å². The Hall–Kier alpha value is -2.36. The molecule has 0 N–H and O–H groups in total. The van der Waals surface area contributed by atoms with E-state index in [0.29, 0.717) is 28.3 Å². The second-order valence-corrected chi connectivity index (χ2v) is 11.0. The fraction of sp³-hybridized carbons (Fsp3) is 0.480. The third kappa shape index (κ3) is 5.42. The van der Waals surface area contributed by atoms with E-state index in [-0.39, 0.29) is 11.6 Å². The number of pyridine rings is 2. The number of hydrogen-bond acceptors (Lipinski definition) is 5. The molecule has 0 fully saturated rings. The van der Waals surface area contributed by atoms with E-state index >= 15 is 0 Å². The van der Waals surface area contributed by atoms with Crippen LogP contribution in [-0.2, 0) is 11.8 Å². The van der Waals surface area contributed by atoms with Crippen LogP contribution < -0.4 is 10.4 Å². The Balaban J connectivity index is 2.13. The Bertz CT molecular complexity index is 1260. The van der Waals surface area contributed by atoms with Crippen molar-refractivity contribution < 1.29 is 14.4 Å². The average molecular weight is 565 g/mol. The highest BCUT2D eigenvalue weighted by atomic mass is 127. The minimum Gasteiger partial charge on any atom is -0.442 e. The van der Waals surface area contributed by atoms with Gasteiger partial charge in [0.05, 0.1) is 26.2 Å². The fourth-order valence-electron chi connectivity index (χ4n) is 3.94. The summed E-state index contributed by atoms with van der Waals surface area (Å²) in [4.78, 5) is 36.5. The molecule has 0 saturated heterocycles. The van der Waals surface area contributed by atoms with Crippen LogP contribution in [0.15, 0.2) is 29.2 Å². The number of benzene rings is 1. The number of aryl methyl sites for hydroxylation is 2. The van der Waals surface area contributed by atoms with E-state index in [9.17, 15) is 9.59 Å². The van der Waals surface area contributed by atoms with Gasteiger partial charge in [0, 0.05) is 24.7 Å². The summed E-state index contributed by atoms with van der Waals surface area (Å²) in [6.45, 7) is 13.5. The average Bonchev–Trinajstić information content (AvgIpc) is 2.68. The van der Waals surface area contributed by atoms with Crippen LogP contribution in [0.25, 0.3) is 21.7 Å². The monoisotopic (exact) mass is 565 g/mol. The molecule has 0 aliphatic carbocycles. The fourth-order valence-corrected chi connectivity index (χ4v) is 4.51. The van der Waals surface area contributed by atoms with Gasteiger partial charge >= 0.3 is 6.09 Å². The van der Waals surface area contributed by atoms with Crippen LogP contribution in [0.2, 0.25) is 0 Å². The van der Waals surface area contributed by atoms with E-state index in [1.165, 1.54) is 5.06 Å². The Labute approximate surface area is 208 Å². The molecular formula is C25H32IN3O4. The van der Waals surface area contributed by atoms with Crippen molar-refractivity contribution in [2.75, 3.05) is 0 Å². The maximum Gasteiger partial charge on any atom is 0.443 e. The lowest BCUT2D eigenvalue weighted by Gasteiger charge is -2.31. The van der Waals surface area contributed by atoms with Crippen LogP contribution in [0.4, 0.5) is 4.79 Å². The Morgan fingerprint density at radius 1 is 1.21 bits per heavy atom. The number of hydrogen-bond donors (Lipinski definition) is 0. The van der Waals surface area contributed by atoms with Gasteiger partial charge in [0.25, 0.3) is 5.56 Å². The quantitative estimate of drug-likeness (QED) is 0.217. The number of amides is 1. The van der Waals surface area contributed by atoms with Gasteiger partial charge < -0.3 is 14.1 Å². The van der Waals surface area contributed by atoms with Crippen molar-refractivity contribution in [3.8, 4) is 5.75 Å². The summed E-state index contributed by atoms with van der Waals surface area (Å²) < 4.78 is 8.03. The predicted molar refractivity (Wildman–Crippen MR) is 140 cm³/mol. The zero-order chi connectivity index (χ0) is 24.7. The maximum atomic E-state index is 13.1. The Morgan fingerprint density at radius 2 is 1.88 bits per heavy atom. The Morgan fingerprint density at radius 3 is 2.48 bits per heavy atom. The second-order valence-electron chi connectivity index (χ2n) is 9.86. The lowest BCUT2D eigenvalue weighted by atomic mass is 10.1. The van der Waals surface area contributed by atoms with Gasteiger partial charge in [-0.15, -0.1) is 5.06 Å². The Kier molecular flexibility index (Phi) is 7.26. The molecule has 8 heteroatoms. The van der Waals surface area contributed by atoms with Gasteiger partial charge in [-0.3, -0.25) is 9.78 Å². The first kappa shape index (κ1) is 25.3. The van der Waals surface area contributed by atoms with Crippen molar-refractivity contribution in [3.05, 3.63) is 44.0 Å². The molecular weight excluding hydrogens is 533 g/mol. The van der Waals surface area contributed by atoms with Crippen molar-refractivity contribution in [1.82, 2.24) is 14.6 Å². The molecule has 1 amide bonds. The van der Waals surface area contributed by atoms with E-state index < -0.39 is 11.7 Å². The van der Waals surface area contributed by atoms with Crippen LogP contribution in [0.3, 0.4) is 0 Å². The van der Waals surface area contributed by atoms with Crippen LogP contribution in [0, 0.1) is 16.4 Å². The summed E-state index contributed by atoms with van der Waals surface area (Å²) in [6.07, 6.45) is 1.92. The molecule has 2 heterocycles. The van der Waals surface area contributed by atoms with E-state index in [1.807, 2.05) is 52.8 Å². The zero-order valence-electron chi connectivity index (χ0n) is 20.5. The third-order valence-electron chi connectivity index (χ3n) is 5.34. The summed E-state index contributed by atoms with van der Waals surface area (Å²) in [5.74, 6) is 0.859. The van der Waals surface area contributed by atoms with Crippen molar-refractivity contribution in [2.45, 2.75) is 66.5 Å². The number of carbonyl (C=O) groups is 1. The number of ether oxygens (including phenoxy) is 1. The topological polar surface area (TPSA) is 73.7 Å². The molecule has 0 radical (unpaired) electrons. The van der Waals surface area contributed by atoms with Crippen molar-refractivity contribution in [1.29, 1.82) is 0 Å². The number of fused-ring (bicyclic) bond motifs is 3. The maximum absolute atomic E-state index is 13.1. The summed E-state index contributed by atoms with van der Waals surface area (Å²) in [7, 11) is 1.74. The largest absolute Gasteiger partial charge is 0.443 e. The smallest absolute Gasteiger partial charge is 0.442 e. The molecule has 1 atom stereocenters. The third-order valence-corrected chi connectivity index (χ3v) is 6.19. The number of aromatic nitrogens is 2. The molecule has 0 aliphatic rings. The molecule has 1 unspecified atom stereocenters. The van der Waals surface area contributed by atoms with E-state index in [0.717, 1.165) is 20.8 Å². The normalized spacial score (nSPS) is 12.9. The van der Waals surface area contributed by atoms with E-state index in [1.54, 1.807) is 17.8 Å². The standard InChI is InChI=1S/C25H32IN3O4/c1-14(2)11-15(3)29(24(31)32-25(5,6)7)33-21-13-20-18(12-19(21)26)17-9-10-27-16(4)22(17)23(30)28(20)8/h9-10,12-15H,11H2,1-8H3. The molecule has 3 rings (SSSR count). The van der Waals surface area contributed by atoms with Gasteiger partial charge in [-0.05, 0) is 87.1 Å². The summed E-state index contributed by atoms with van der Waals surface area (Å²) in [6, 6.07) is 5.45. The zero-order valence-corrected chi connectivity index (χ0v) is 22.7. The van der Waals surface area contributed by atoms with Gasteiger partial charge in [-0.2, -0.15) is 0 Å². The molecule has 1 aromatic carbocycles. The summed E-state index contributed by atoms with van der Waals surface area (Å²) in [5, 5.41) is 3.69. The van der Waals surface area contributed by atoms with E-state index in [4.69, 9.17) is 9.57 Å². The summed E-state index contributed by atoms with van der Waals surface area (Å²) >= 11 is 2.20. The minimum absolute atomic E-state index is 0.118. The van der Waals surface area contributed by atoms with Gasteiger partial charge in [-0.25, -0.2) is 4.79 Å². The molecule has 0 aliphatic heterocycles. The van der Waals surface area contributed by atoms with Crippen molar-refractivity contribution in [2.24, 2.45) is 13.0 Å². The lowest BCUT2D eigenvalue weighted by molar-refractivity contribution is -0.0970. The number of carbonyl (C=O) groups excluding carboxylic acids is 1. The SMILES string of the molecule is Cc1nccc2c1c(=O)n(C)c1cc(ON(C(=O)OC(C)(C)C)C(C)CC(C)C)c(I)cc21. The molecule has 0 spiro atoms. The number of nitrogens with zero attached hydrogens (tertiary/aromatic N) is 3. The van der Waals surface area contributed by atoms with Crippen LogP contribution in [-0.4, -0.2) is 32.4 Å². The van der Waals surface area contributed by atoms with Gasteiger partial charge in [-0.1, -0.05) is 13.8 Å². The summed E-state index contributed by atoms with van der Waals surface area (Å²) in [5.41, 5.74) is 0.646.